The van der Waals surface area contributed by atoms with E-state index in [9.17, 15) is 33.2 Å². The summed E-state index contributed by atoms with van der Waals surface area (Å²) < 4.78 is 32.6. The van der Waals surface area contributed by atoms with Gasteiger partial charge in [-0.1, -0.05) is 63.8 Å². The Balaban J connectivity index is 1.83. The zero-order valence-corrected chi connectivity index (χ0v) is 26.9. The summed E-state index contributed by atoms with van der Waals surface area (Å²) in [5, 5.41) is 19.1. The minimum absolute atomic E-state index is 0.0250. The van der Waals surface area contributed by atoms with Crippen molar-refractivity contribution in [1.29, 1.82) is 0 Å². The highest BCUT2D eigenvalue weighted by atomic mass is 19.2. The Bertz CT molecular complexity index is 2040. The molecule has 4 N–H and O–H groups in total. The molecule has 0 radical (unpaired) electrons. The van der Waals surface area contributed by atoms with E-state index in [1.807, 2.05) is 27.7 Å². The van der Waals surface area contributed by atoms with Gasteiger partial charge in [-0.3, -0.25) is 4.79 Å². The lowest BCUT2D eigenvalue weighted by molar-refractivity contribution is 0.0685. The maximum Gasteiger partial charge on any atom is 0.796 e. The fraction of sp³-hybridized carbons (Fsp3) is 0.216. The molecule has 0 aliphatic rings. The van der Waals surface area contributed by atoms with E-state index in [1.54, 1.807) is 36.4 Å². The Morgan fingerprint density at radius 2 is 1.10 bits per heavy atom. The van der Waals surface area contributed by atoms with Gasteiger partial charge in [0, 0.05) is 17.2 Å². The normalized spacial score (nSPS) is 10.8. The van der Waals surface area contributed by atoms with Crippen LogP contribution in [0.1, 0.15) is 109 Å². The van der Waals surface area contributed by atoms with Crippen LogP contribution in [0.15, 0.2) is 54.6 Å². The van der Waals surface area contributed by atoms with Crippen molar-refractivity contribution >= 4 is 31.0 Å². The number of halogens is 2. The molecule has 0 unspecified atom stereocenters. The standard InChI is InChI=1S/C37H33BF2N2O6/c1-5-24-26(7-3)34(41-30(24)19-17-22-13-9-11-15-28(22)36(44)45)32(43)21-33(48-38(39)40)35-27(8-4)25(6-2)31(42-35)20-18-23-14-10-12-16-29(23)37(46)47/h9-16,21,41-42H,5-8H2,1-4H3,(H,44,45)(H,46,47)/b33-21-. The largest absolute Gasteiger partial charge is 0.796 e. The van der Waals surface area contributed by atoms with Gasteiger partial charge in [-0.25, -0.2) is 18.2 Å². The zero-order valence-electron chi connectivity index (χ0n) is 26.9. The molecule has 244 valence electrons. The number of aromatic carboxylic acids is 2. The van der Waals surface area contributed by atoms with E-state index in [1.165, 1.54) is 12.1 Å². The van der Waals surface area contributed by atoms with Gasteiger partial charge in [0.2, 0.25) is 5.78 Å². The van der Waals surface area contributed by atoms with E-state index in [4.69, 9.17) is 4.65 Å². The van der Waals surface area contributed by atoms with Crippen LogP contribution in [0, 0.1) is 23.7 Å². The van der Waals surface area contributed by atoms with Crippen LogP contribution >= 0.6 is 0 Å². The molecule has 0 aliphatic carbocycles. The number of hydrogen-bond acceptors (Lipinski definition) is 4. The minimum Gasteiger partial charge on any atom is -0.503 e. The molecule has 2 heterocycles. The molecule has 0 amide bonds. The van der Waals surface area contributed by atoms with Crippen LogP contribution in [-0.4, -0.2) is 45.4 Å². The summed E-state index contributed by atoms with van der Waals surface area (Å²) in [5.41, 5.74) is 4.57. The number of carbonyl (C=O) groups is 3. The van der Waals surface area contributed by atoms with Crippen LogP contribution in [0.3, 0.4) is 0 Å². The second-order valence-corrected chi connectivity index (χ2v) is 10.5. The quantitative estimate of drug-likeness (QED) is 0.0457. The van der Waals surface area contributed by atoms with Crippen molar-refractivity contribution in [3.05, 3.63) is 122 Å². The first kappa shape index (κ1) is 35.1. The molecule has 8 nitrogen and oxygen atoms in total. The topological polar surface area (TPSA) is 132 Å². The molecule has 0 aliphatic heterocycles. The van der Waals surface area contributed by atoms with Crippen molar-refractivity contribution in [1.82, 2.24) is 9.97 Å². The first-order chi connectivity index (χ1) is 23.0. The molecule has 2 aromatic carbocycles. The molecule has 0 atom stereocenters. The minimum atomic E-state index is -3.24. The van der Waals surface area contributed by atoms with Gasteiger partial charge in [0.05, 0.1) is 33.9 Å². The number of nitrogens with one attached hydrogen (secondary N) is 2. The highest BCUT2D eigenvalue weighted by Gasteiger charge is 2.27. The molecule has 0 saturated heterocycles. The van der Waals surface area contributed by atoms with E-state index in [0.717, 1.165) is 17.2 Å². The van der Waals surface area contributed by atoms with E-state index in [2.05, 4.69) is 33.6 Å². The lowest BCUT2D eigenvalue weighted by Crippen LogP contribution is -2.09. The number of ketones is 1. The summed E-state index contributed by atoms with van der Waals surface area (Å²) in [7, 11) is -3.24. The second kappa shape index (κ2) is 15.7. The average molecular weight is 650 g/mol. The fourth-order valence-electron chi connectivity index (χ4n) is 5.62. The highest BCUT2D eigenvalue weighted by molar-refractivity contribution is 6.36. The van der Waals surface area contributed by atoms with Crippen molar-refractivity contribution in [2.45, 2.75) is 53.4 Å². The van der Waals surface area contributed by atoms with Crippen LogP contribution in [-0.2, 0) is 30.3 Å². The Morgan fingerprint density at radius 1 is 0.688 bits per heavy atom. The lowest BCUT2D eigenvalue weighted by atomic mass is 10.00. The number of aromatic nitrogens is 2. The summed E-state index contributed by atoms with van der Waals surface area (Å²) in [4.78, 5) is 43.2. The third kappa shape index (κ3) is 7.59. The number of carboxylic acid groups (broad SMARTS) is 2. The lowest BCUT2D eigenvalue weighted by Gasteiger charge is -2.10. The van der Waals surface area contributed by atoms with Crippen molar-refractivity contribution in [3.63, 3.8) is 0 Å². The number of carbonyl (C=O) groups excluding carboxylic acids is 1. The number of benzene rings is 2. The summed E-state index contributed by atoms with van der Waals surface area (Å²) in [5.74, 6) is 8.43. The van der Waals surface area contributed by atoms with Crippen molar-refractivity contribution in [3.8, 4) is 23.7 Å². The van der Waals surface area contributed by atoms with E-state index < -0.39 is 25.2 Å². The van der Waals surface area contributed by atoms with Crippen molar-refractivity contribution < 1.29 is 37.9 Å². The van der Waals surface area contributed by atoms with Crippen molar-refractivity contribution in [2.24, 2.45) is 0 Å². The molecule has 4 rings (SSSR count). The van der Waals surface area contributed by atoms with Crippen molar-refractivity contribution in [2.75, 3.05) is 0 Å². The zero-order chi connectivity index (χ0) is 35.0. The summed E-state index contributed by atoms with van der Waals surface area (Å²) >= 11 is 0. The monoisotopic (exact) mass is 650 g/mol. The van der Waals surface area contributed by atoms with Crippen LogP contribution in [0.25, 0.3) is 5.76 Å². The third-order valence-electron chi connectivity index (χ3n) is 7.78. The smallest absolute Gasteiger partial charge is 0.503 e. The maximum absolute atomic E-state index is 13.8. The van der Waals surface area contributed by atoms with Crippen LogP contribution in [0.5, 0.6) is 0 Å². The third-order valence-corrected chi connectivity index (χ3v) is 7.78. The number of carboxylic acids is 2. The Morgan fingerprint density at radius 3 is 1.52 bits per heavy atom. The average Bonchev–Trinajstić information content (AvgIpc) is 3.63. The molecular weight excluding hydrogens is 617 g/mol. The fourth-order valence-corrected chi connectivity index (χ4v) is 5.62. The van der Waals surface area contributed by atoms with Gasteiger partial charge in [0.1, 0.15) is 5.76 Å². The number of H-pyrrole nitrogens is 2. The predicted molar refractivity (Wildman–Crippen MR) is 179 cm³/mol. The molecule has 48 heavy (non-hydrogen) atoms. The first-order valence-electron chi connectivity index (χ1n) is 15.4. The van der Waals surface area contributed by atoms with Gasteiger partial charge in [-0.05, 0) is 84.0 Å². The predicted octanol–water partition coefficient (Wildman–Crippen LogP) is 6.95. The highest BCUT2D eigenvalue weighted by Crippen LogP contribution is 2.29. The van der Waals surface area contributed by atoms with Gasteiger partial charge >= 0.3 is 19.4 Å². The molecule has 4 aromatic rings. The number of hydrogen-bond donors (Lipinski definition) is 4. The molecule has 0 bridgehead atoms. The molecule has 2 aromatic heterocycles. The molecule has 11 heteroatoms. The van der Waals surface area contributed by atoms with Crippen LogP contribution < -0.4 is 0 Å². The number of allylic oxidation sites excluding steroid dienone is 1. The second-order valence-electron chi connectivity index (χ2n) is 10.5. The molecule has 0 spiro atoms. The number of rotatable bonds is 11. The van der Waals surface area contributed by atoms with E-state index in [0.29, 0.717) is 53.8 Å². The van der Waals surface area contributed by atoms with Gasteiger partial charge < -0.3 is 24.8 Å². The Kier molecular flexibility index (Phi) is 11.4. The van der Waals surface area contributed by atoms with Crippen LogP contribution in [0.4, 0.5) is 8.63 Å². The summed E-state index contributed by atoms with van der Waals surface area (Å²) in [6, 6.07) is 12.6. The van der Waals surface area contributed by atoms with E-state index in [-0.39, 0.29) is 33.8 Å². The Labute approximate surface area is 277 Å². The summed E-state index contributed by atoms with van der Waals surface area (Å²) in [6.45, 7) is 7.47. The van der Waals surface area contributed by atoms with Gasteiger partial charge in [0.25, 0.3) is 0 Å². The molecule has 0 saturated carbocycles. The molecule has 0 fully saturated rings. The molecular formula is C37H33BF2N2O6. The Hall–Kier alpha value is -5.81. The van der Waals surface area contributed by atoms with Crippen LogP contribution in [0.2, 0.25) is 0 Å². The van der Waals surface area contributed by atoms with Gasteiger partial charge in [-0.15, -0.1) is 0 Å². The van der Waals surface area contributed by atoms with Gasteiger partial charge in [-0.2, -0.15) is 0 Å². The maximum atomic E-state index is 13.8. The number of aromatic amines is 2. The first-order valence-corrected chi connectivity index (χ1v) is 15.4. The van der Waals surface area contributed by atoms with E-state index >= 15 is 0 Å². The van der Waals surface area contributed by atoms with Gasteiger partial charge in [0.15, 0.2) is 0 Å². The summed E-state index contributed by atoms with van der Waals surface area (Å²) in [6.07, 6.45) is 2.83. The SMILES string of the molecule is CCc1c(C#Cc2ccccc2C(=O)O)[nH]c(C(=O)/C=C(\OB(F)F)c2[nH]c(C#Cc3ccccc3C(=O)O)c(CC)c2CC)c1CC.